The highest BCUT2D eigenvalue weighted by Gasteiger charge is 2.34. The van der Waals surface area contributed by atoms with Crippen LogP contribution in [-0.4, -0.2) is 17.1 Å². The predicted molar refractivity (Wildman–Crippen MR) is 66.4 cm³/mol. The second-order valence-electron chi connectivity index (χ2n) is 4.66. The highest BCUT2D eigenvalue weighted by molar-refractivity contribution is 5.88. The molecule has 0 radical (unpaired) electrons. The lowest BCUT2D eigenvalue weighted by Crippen LogP contribution is -2.27. The van der Waals surface area contributed by atoms with Crippen LogP contribution in [0, 0.1) is 5.92 Å². The van der Waals surface area contributed by atoms with Gasteiger partial charge in [0.25, 0.3) is 0 Å². The zero-order valence-corrected chi connectivity index (χ0v) is 9.89. The summed E-state index contributed by atoms with van der Waals surface area (Å²) in [5, 5.41) is 12.6. The van der Waals surface area contributed by atoms with Crippen molar-refractivity contribution in [3.63, 3.8) is 0 Å². The van der Waals surface area contributed by atoms with Gasteiger partial charge >= 0.3 is 0 Å². The van der Waals surface area contributed by atoms with Crippen molar-refractivity contribution in [3.05, 3.63) is 29.8 Å². The summed E-state index contributed by atoms with van der Waals surface area (Å²) in [7, 11) is 0. The number of hydrogen-bond acceptors (Lipinski definition) is 3. The summed E-state index contributed by atoms with van der Waals surface area (Å²) < 4.78 is 0. The van der Waals surface area contributed by atoms with E-state index in [0.717, 1.165) is 24.1 Å². The third-order valence-electron chi connectivity index (χ3n) is 3.09. The molecule has 4 N–H and O–H groups in total. The van der Waals surface area contributed by atoms with Gasteiger partial charge in [-0.3, -0.25) is 4.79 Å². The minimum Gasteiger partial charge on any atom is -0.391 e. The van der Waals surface area contributed by atoms with Gasteiger partial charge in [0, 0.05) is 12.6 Å². The Balaban J connectivity index is 2.03. The quantitative estimate of drug-likeness (QED) is 0.737. The van der Waals surface area contributed by atoms with Crippen molar-refractivity contribution in [1.29, 1.82) is 0 Å². The third-order valence-corrected chi connectivity index (χ3v) is 3.09. The first kappa shape index (κ1) is 12.1. The van der Waals surface area contributed by atoms with E-state index >= 15 is 0 Å². The molecule has 0 aromatic heterocycles. The van der Waals surface area contributed by atoms with Crippen LogP contribution in [0.15, 0.2) is 24.3 Å². The monoisotopic (exact) mass is 234 g/mol. The molecule has 2 atom stereocenters. The first-order chi connectivity index (χ1) is 8.08. The van der Waals surface area contributed by atoms with Crippen LogP contribution in [0.3, 0.4) is 0 Å². The first-order valence-corrected chi connectivity index (χ1v) is 5.89. The summed E-state index contributed by atoms with van der Waals surface area (Å²) in [6.45, 7) is 1.47. The van der Waals surface area contributed by atoms with Crippen LogP contribution in [0.4, 0.5) is 5.69 Å². The van der Waals surface area contributed by atoms with Crippen LogP contribution in [-0.2, 0) is 4.79 Å². The molecule has 1 aromatic carbocycles. The molecule has 1 fully saturated rings. The Morgan fingerprint density at radius 3 is 2.47 bits per heavy atom. The Kier molecular flexibility index (Phi) is 3.45. The van der Waals surface area contributed by atoms with Crippen molar-refractivity contribution in [2.75, 3.05) is 5.32 Å². The number of carbonyl (C=O) groups excluding carboxylic acids is 1. The van der Waals surface area contributed by atoms with Crippen LogP contribution in [0.5, 0.6) is 0 Å². The van der Waals surface area contributed by atoms with Crippen LogP contribution < -0.4 is 11.1 Å². The molecule has 0 saturated heterocycles. The smallest absolute Gasteiger partial charge is 0.221 e. The van der Waals surface area contributed by atoms with E-state index in [1.807, 2.05) is 12.1 Å². The van der Waals surface area contributed by atoms with Gasteiger partial charge in [-0.2, -0.15) is 0 Å². The van der Waals surface area contributed by atoms with E-state index < -0.39 is 6.10 Å². The lowest BCUT2D eigenvalue weighted by Gasteiger charge is -2.19. The zero-order chi connectivity index (χ0) is 12.4. The molecule has 0 unspecified atom stereocenters. The molecule has 1 aliphatic rings. The van der Waals surface area contributed by atoms with Gasteiger partial charge in [-0.05, 0) is 36.5 Å². The number of amides is 1. The number of aliphatic hydroxyl groups excluding tert-OH is 1. The molecule has 0 aliphatic heterocycles. The number of hydrogen-bond donors (Lipinski definition) is 3. The average molecular weight is 234 g/mol. The first-order valence-electron chi connectivity index (χ1n) is 5.89. The maximum Gasteiger partial charge on any atom is 0.221 e. The number of benzene rings is 1. The summed E-state index contributed by atoms with van der Waals surface area (Å²) in [5.74, 6) is 0.264. The van der Waals surface area contributed by atoms with E-state index in [0.29, 0.717) is 5.92 Å². The van der Waals surface area contributed by atoms with E-state index in [2.05, 4.69) is 5.32 Å². The lowest BCUT2D eigenvalue weighted by molar-refractivity contribution is -0.114. The van der Waals surface area contributed by atoms with Crippen molar-refractivity contribution in [2.45, 2.75) is 31.9 Å². The van der Waals surface area contributed by atoms with Crippen LogP contribution in [0.2, 0.25) is 0 Å². The fraction of sp³-hybridized carbons (Fsp3) is 0.462. The Labute approximate surface area is 101 Å². The largest absolute Gasteiger partial charge is 0.391 e. The topological polar surface area (TPSA) is 75.4 Å². The van der Waals surface area contributed by atoms with Crippen LogP contribution in [0.1, 0.15) is 31.4 Å². The second-order valence-corrected chi connectivity index (χ2v) is 4.66. The molecular weight excluding hydrogens is 216 g/mol. The zero-order valence-electron chi connectivity index (χ0n) is 9.89. The number of anilines is 1. The molecule has 0 heterocycles. The van der Waals surface area contributed by atoms with E-state index in [9.17, 15) is 9.90 Å². The maximum atomic E-state index is 10.9. The molecule has 4 heteroatoms. The molecule has 1 saturated carbocycles. The van der Waals surface area contributed by atoms with Crippen molar-refractivity contribution in [2.24, 2.45) is 11.7 Å². The van der Waals surface area contributed by atoms with Crippen LogP contribution >= 0.6 is 0 Å². The molecular formula is C13H18N2O2. The summed E-state index contributed by atoms with van der Waals surface area (Å²) in [4.78, 5) is 10.9. The Bertz CT molecular complexity index is 398. The number of nitrogens with one attached hydrogen (secondary N) is 1. The second kappa shape index (κ2) is 4.85. The minimum atomic E-state index is -0.457. The maximum absolute atomic E-state index is 10.9. The SMILES string of the molecule is CC(=O)Nc1ccc([C@H](N)[C@H](O)C2CC2)cc1. The number of rotatable bonds is 4. The Hall–Kier alpha value is -1.39. The molecule has 1 aliphatic carbocycles. The van der Waals surface area contributed by atoms with Gasteiger partial charge in [0.05, 0.1) is 12.1 Å². The highest BCUT2D eigenvalue weighted by atomic mass is 16.3. The molecule has 17 heavy (non-hydrogen) atoms. The van der Waals surface area contributed by atoms with Gasteiger partial charge in [-0.15, -0.1) is 0 Å². The fourth-order valence-electron chi connectivity index (χ4n) is 1.92. The van der Waals surface area contributed by atoms with E-state index in [1.165, 1.54) is 6.92 Å². The number of nitrogens with two attached hydrogens (primary N) is 1. The fourth-order valence-corrected chi connectivity index (χ4v) is 1.92. The van der Waals surface area contributed by atoms with Crippen molar-refractivity contribution in [3.8, 4) is 0 Å². The number of carbonyl (C=O) groups is 1. The number of aliphatic hydroxyl groups is 1. The Morgan fingerprint density at radius 1 is 1.41 bits per heavy atom. The molecule has 4 nitrogen and oxygen atoms in total. The van der Waals surface area contributed by atoms with E-state index in [-0.39, 0.29) is 11.9 Å². The molecule has 2 rings (SSSR count). The summed E-state index contributed by atoms with van der Waals surface area (Å²) in [5.41, 5.74) is 7.64. The van der Waals surface area contributed by atoms with Gasteiger partial charge < -0.3 is 16.2 Å². The molecule has 0 bridgehead atoms. The van der Waals surface area contributed by atoms with Gasteiger partial charge in [0.2, 0.25) is 5.91 Å². The lowest BCUT2D eigenvalue weighted by atomic mass is 9.99. The van der Waals surface area contributed by atoms with Gasteiger partial charge in [0.15, 0.2) is 0 Å². The normalized spacial score (nSPS) is 18.5. The summed E-state index contributed by atoms with van der Waals surface area (Å²) in [6, 6.07) is 6.96. The summed E-state index contributed by atoms with van der Waals surface area (Å²) in [6.07, 6.45) is 1.68. The molecule has 0 spiro atoms. The Morgan fingerprint density at radius 2 is 2.00 bits per heavy atom. The molecule has 92 valence electrons. The van der Waals surface area contributed by atoms with Crippen molar-refractivity contribution >= 4 is 11.6 Å². The van der Waals surface area contributed by atoms with E-state index in [1.54, 1.807) is 12.1 Å². The molecule has 1 aromatic rings. The van der Waals surface area contributed by atoms with Crippen molar-refractivity contribution in [1.82, 2.24) is 0 Å². The predicted octanol–water partition coefficient (Wildman–Crippen LogP) is 1.42. The van der Waals surface area contributed by atoms with E-state index in [4.69, 9.17) is 5.73 Å². The van der Waals surface area contributed by atoms with Gasteiger partial charge in [-0.1, -0.05) is 12.1 Å². The third kappa shape index (κ3) is 3.05. The van der Waals surface area contributed by atoms with Gasteiger partial charge in [-0.25, -0.2) is 0 Å². The summed E-state index contributed by atoms with van der Waals surface area (Å²) >= 11 is 0. The minimum absolute atomic E-state index is 0.0972. The highest BCUT2D eigenvalue weighted by Crippen LogP contribution is 2.37. The van der Waals surface area contributed by atoms with Gasteiger partial charge in [0.1, 0.15) is 0 Å². The standard InChI is InChI=1S/C13H18N2O2/c1-8(16)15-11-6-4-9(5-7-11)12(14)13(17)10-2-3-10/h4-7,10,12-13,17H,2-3,14H2,1H3,(H,15,16)/t12-,13+/m0/s1. The average Bonchev–Trinajstić information content (AvgIpc) is 3.11. The van der Waals surface area contributed by atoms with Crippen LogP contribution in [0.25, 0.3) is 0 Å². The molecule has 1 amide bonds. The van der Waals surface area contributed by atoms with Crippen molar-refractivity contribution < 1.29 is 9.90 Å².